The van der Waals surface area contributed by atoms with E-state index in [-0.39, 0.29) is 18.3 Å². The Morgan fingerprint density at radius 2 is 2.03 bits per heavy atom. The first-order valence-corrected chi connectivity index (χ1v) is 13.2. The first-order valence-electron chi connectivity index (χ1n) is 11.1. The van der Waals surface area contributed by atoms with Crippen molar-refractivity contribution in [2.75, 3.05) is 18.2 Å². The van der Waals surface area contributed by atoms with Gasteiger partial charge in [-0.25, -0.2) is 4.79 Å². The summed E-state index contributed by atoms with van der Waals surface area (Å²) in [5, 5.41) is 13.1. The van der Waals surface area contributed by atoms with E-state index in [0.29, 0.717) is 38.9 Å². The monoisotopic (exact) mass is 532 g/mol. The normalized spacial score (nSPS) is 12.6. The van der Waals surface area contributed by atoms with Crippen LogP contribution in [-0.4, -0.2) is 39.5 Å². The van der Waals surface area contributed by atoms with E-state index in [9.17, 15) is 9.59 Å². The molecule has 184 valence electrons. The summed E-state index contributed by atoms with van der Waals surface area (Å²) in [5.74, 6) is 0.739. The van der Waals surface area contributed by atoms with Crippen LogP contribution in [0.5, 0.6) is 5.75 Å². The Labute approximate surface area is 216 Å². The molecule has 1 aromatic carbocycles. The number of amides is 1. The molecular formula is C24H25ClN4O4S2. The molecule has 8 nitrogen and oxygen atoms in total. The van der Waals surface area contributed by atoms with E-state index >= 15 is 0 Å². The highest BCUT2D eigenvalue weighted by Gasteiger charge is 2.27. The van der Waals surface area contributed by atoms with Crippen LogP contribution in [0.2, 0.25) is 5.02 Å². The van der Waals surface area contributed by atoms with E-state index < -0.39 is 5.97 Å². The lowest BCUT2D eigenvalue weighted by molar-refractivity contribution is -0.113. The molecule has 0 bridgehead atoms. The third-order valence-electron chi connectivity index (χ3n) is 5.43. The third kappa shape index (κ3) is 6.06. The molecule has 4 rings (SSSR count). The highest BCUT2D eigenvalue weighted by atomic mass is 35.5. The van der Waals surface area contributed by atoms with Gasteiger partial charge in [0.25, 0.3) is 0 Å². The summed E-state index contributed by atoms with van der Waals surface area (Å²) in [6.45, 7) is 4.48. The van der Waals surface area contributed by atoms with Crippen LogP contribution in [0.1, 0.15) is 39.5 Å². The van der Waals surface area contributed by atoms with Gasteiger partial charge in [-0.1, -0.05) is 29.4 Å². The molecule has 0 atom stereocenters. The lowest BCUT2D eigenvalue weighted by atomic mass is 9.95. The lowest BCUT2D eigenvalue weighted by Crippen LogP contribution is -2.17. The van der Waals surface area contributed by atoms with Crippen molar-refractivity contribution in [1.29, 1.82) is 0 Å². The second kappa shape index (κ2) is 11.7. The number of nitrogens with zero attached hydrogens (tertiary/aromatic N) is 3. The number of aromatic nitrogens is 3. The summed E-state index contributed by atoms with van der Waals surface area (Å²) in [4.78, 5) is 26.3. The number of ether oxygens (including phenoxy) is 2. The number of aryl methyl sites for hydroxylation is 1. The minimum atomic E-state index is -0.414. The Kier molecular flexibility index (Phi) is 8.48. The van der Waals surface area contributed by atoms with Gasteiger partial charge in [0.2, 0.25) is 5.91 Å². The van der Waals surface area contributed by atoms with Crippen molar-refractivity contribution in [3.63, 3.8) is 0 Å². The summed E-state index contributed by atoms with van der Waals surface area (Å²) in [7, 11) is 1.36. The number of nitrogens with one attached hydrogen (secondary N) is 1. The Balaban J connectivity index is 1.41. The van der Waals surface area contributed by atoms with Crippen molar-refractivity contribution in [2.45, 2.75) is 44.0 Å². The van der Waals surface area contributed by atoms with Crippen molar-refractivity contribution in [2.24, 2.45) is 0 Å². The zero-order valence-electron chi connectivity index (χ0n) is 19.2. The number of rotatable bonds is 10. The van der Waals surface area contributed by atoms with Crippen molar-refractivity contribution in [3.05, 3.63) is 63.8 Å². The second-order valence-electron chi connectivity index (χ2n) is 7.78. The second-order valence-corrected chi connectivity index (χ2v) is 10.3. The number of benzene rings is 1. The summed E-state index contributed by atoms with van der Waals surface area (Å²) in [5.41, 5.74) is 1.49. The molecule has 0 fully saturated rings. The molecule has 2 heterocycles. The van der Waals surface area contributed by atoms with Crippen molar-refractivity contribution < 1.29 is 19.1 Å². The van der Waals surface area contributed by atoms with E-state index in [2.05, 4.69) is 22.1 Å². The Morgan fingerprint density at radius 3 is 2.77 bits per heavy atom. The zero-order valence-corrected chi connectivity index (χ0v) is 21.6. The SMILES string of the molecule is C=CCn1c(COc2ccc(Cl)cc2)nnc1SCC(=O)Nc1sc2c(c1C(=O)OC)CCCC2. The van der Waals surface area contributed by atoms with Gasteiger partial charge in [-0.3, -0.25) is 9.36 Å². The standard InChI is InChI=1S/C24H25ClN4O4S2/c1-3-12-29-19(13-33-16-10-8-15(25)9-11-16)27-28-24(29)34-14-20(30)26-22-21(23(31)32-2)17-6-4-5-7-18(17)35-22/h3,8-11H,1,4-7,12-14H2,2H3,(H,26,30). The van der Waals surface area contributed by atoms with E-state index in [4.69, 9.17) is 21.1 Å². The van der Waals surface area contributed by atoms with Crippen LogP contribution in [0.15, 0.2) is 42.1 Å². The summed E-state index contributed by atoms with van der Waals surface area (Å²) < 4.78 is 12.6. The number of carbonyl (C=O) groups excluding carboxylic acids is 2. The number of fused-ring (bicyclic) bond motifs is 1. The fourth-order valence-electron chi connectivity index (χ4n) is 3.79. The molecular weight excluding hydrogens is 508 g/mol. The number of anilines is 1. The number of methoxy groups -OCH3 is 1. The minimum absolute atomic E-state index is 0.108. The lowest BCUT2D eigenvalue weighted by Gasteiger charge is -2.11. The number of hydrogen-bond acceptors (Lipinski definition) is 8. The molecule has 11 heteroatoms. The summed E-state index contributed by atoms with van der Waals surface area (Å²) in [6, 6.07) is 7.06. The predicted octanol–water partition coefficient (Wildman–Crippen LogP) is 5.15. The van der Waals surface area contributed by atoms with Gasteiger partial charge in [-0.05, 0) is 55.5 Å². The number of esters is 1. The summed E-state index contributed by atoms with van der Waals surface area (Å²) >= 11 is 8.64. The maximum Gasteiger partial charge on any atom is 0.341 e. The molecule has 0 saturated heterocycles. The smallest absolute Gasteiger partial charge is 0.341 e. The molecule has 0 saturated carbocycles. The number of hydrogen-bond donors (Lipinski definition) is 1. The summed E-state index contributed by atoms with van der Waals surface area (Å²) in [6.07, 6.45) is 5.59. The van der Waals surface area contributed by atoms with Crippen molar-refractivity contribution >= 4 is 51.6 Å². The first-order chi connectivity index (χ1) is 17.0. The van der Waals surface area contributed by atoms with Gasteiger partial charge in [-0.15, -0.1) is 28.1 Å². The average Bonchev–Trinajstić information content (AvgIpc) is 3.42. The quantitative estimate of drug-likeness (QED) is 0.219. The van der Waals surface area contributed by atoms with Crippen LogP contribution < -0.4 is 10.1 Å². The molecule has 0 radical (unpaired) electrons. The fourth-order valence-corrected chi connectivity index (χ4v) is 5.97. The number of halogens is 1. The van der Waals surface area contributed by atoms with E-state index in [1.165, 1.54) is 30.2 Å². The number of thiophene rings is 1. The molecule has 1 aliphatic carbocycles. The molecule has 0 spiro atoms. The highest BCUT2D eigenvalue weighted by Crippen LogP contribution is 2.38. The fraction of sp³-hybridized carbons (Fsp3) is 0.333. The maximum absolute atomic E-state index is 12.8. The van der Waals surface area contributed by atoms with Gasteiger partial charge in [0.15, 0.2) is 11.0 Å². The van der Waals surface area contributed by atoms with Crippen molar-refractivity contribution in [1.82, 2.24) is 14.8 Å². The first kappa shape index (κ1) is 25.3. The Hall–Kier alpha value is -2.82. The number of carbonyl (C=O) groups is 2. The van der Waals surface area contributed by atoms with E-state index in [1.54, 1.807) is 30.3 Å². The van der Waals surface area contributed by atoms with Crippen LogP contribution in [0.25, 0.3) is 0 Å². The average molecular weight is 533 g/mol. The van der Waals surface area contributed by atoms with Gasteiger partial charge in [0, 0.05) is 16.4 Å². The topological polar surface area (TPSA) is 95.3 Å². The van der Waals surface area contributed by atoms with Gasteiger partial charge in [0.05, 0.1) is 18.4 Å². The van der Waals surface area contributed by atoms with E-state index in [0.717, 1.165) is 36.1 Å². The van der Waals surface area contributed by atoms with Crippen LogP contribution in [0.3, 0.4) is 0 Å². The molecule has 0 unspecified atom stereocenters. The highest BCUT2D eigenvalue weighted by molar-refractivity contribution is 7.99. The van der Waals surface area contributed by atoms with Crippen molar-refractivity contribution in [3.8, 4) is 5.75 Å². The molecule has 35 heavy (non-hydrogen) atoms. The van der Waals surface area contributed by atoms with Gasteiger partial charge < -0.3 is 14.8 Å². The number of thioether (sulfide) groups is 1. The molecule has 3 aromatic rings. The van der Waals surface area contributed by atoms with Gasteiger partial charge in [0.1, 0.15) is 17.4 Å². The largest absolute Gasteiger partial charge is 0.486 e. The maximum atomic E-state index is 12.8. The van der Waals surface area contributed by atoms with Gasteiger partial charge in [-0.2, -0.15) is 0 Å². The predicted molar refractivity (Wildman–Crippen MR) is 138 cm³/mol. The van der Waals surface area contributed by atoms with Crippen LogP contribution in [-0.2, 0) is 35.5 Å². The zero-order chi connectivity index (χ0) is 24.8. The van der Waals surface area contributed by atoms with Crippen LogP contribution >= 0.6 is 34.7 Å². The minimum Gasteiger partial charge on any atom is -0.486 e. The third-order valence-corrected chi connectivity index (χ3v) is 7.86. The van der Waals surface area contributed by atoms with Gasteiger partial charge >= 0.3 is 5.97 Å². The Bertz CT molecular complexity index is 1220. The molecule has 2 aromatic heterocycles. The molecule has 0 aliphatic heterocycles. The molecule has 1 aliphatic rings. The molecule has 1 N–H and O–H groups in total. The van der Waals surface area contributed by atoms with E-state index in [1.807, 2.05) is 4.57 Å². The van der Waals surface area contributed by atoms with Crippen LogP contribution in [0, 0.1) is 0 Å². The van der Waals surface area contributed by atoms with Crippen LogP contribution in [0.4, 0.5) is 5.00 Å². The number of allylic oxidation sites excluding steroid dienone is 1. The Morgan fingerprint density at radius 1 is 1.26 bits per heavy atom. The molecule has 1 amide bonds.